The van der Waals surface area contributed by atoms with Gasteiger partial charge in [-0.1, -0.05) is 305 Å². The first-order valence-electron chi connectivity index (χ1n) is 36.9. The molecular weight excluding hydrogens is 1100 g/mol. The summed E-state index contributed by atoms with van der Waals surface area (Å²) in [5.41, 5.74) is 0. The summed E-state index contributed by atoms with van der Waals surface area (Å²) in [6.07, 6.45) is 74.8. The monoisotopic (exact) mass is 1240 g/mol. The Kier molecular flexibility index (Phi) is 60.2. The summed E-state index contributed by atoms with van der Waals surface area (Å²) < 4.78 is 17.7. The Morgan fingerprint density at radius 2 is 0.784 bits per heavy atom. The lowest BCUT2D eigenvalue weighted by Gasteiger charge is -2.41. The van der Waals surface area contributed by atoms with Crippen LogP contribution in [-0.4, -0.2) is 99.6 Å². The second-order valence-electron chi connectivity index (χ2n) is 25.3. The summed E-state index contributed by atoms with van der Waals surface area (Å²) in [5, 5.41) is 57.3. The van der Waals surface area contributed by atoms with Crippen LogP contribution in [-0.2, 0) is 23.8 Å². The van der Waals surface area contributed by atoms with Crippen molar-refractivity contribution in [2.24, 2.45) is 0 Å². The van der Waals surface area contributed by atoms with E-state index in [0.29, 0.717) is 12.8 Å². The van der Waals surface area contributed by atoms with E-state index in [0.717, 1.165) is 89.9 Å². The Hall–Kier alpha value is -3.16. The fourth-order valence-corrected chi connectivity index (χ4v) is 11.2. The number of nitrogens with one attached hydrogen (secondary N) is 1. The number of carbonyl (C=O) groups excluding carboxylic acids is 2. The molecule has 0 radical (unpaired) electrons. The van der Waals surface area contributed by atoms with Gasteiger partial charge in [0.15, 0.2) is 12.4 Å². The smallest absolute Gasteiger partial charge is 0.306 e. The van der Waals surface area contributed by atoms with Crippen molar-refractivity contribution >= 4 is 11.9 Å². The summed E-state index contributed by atoms with van der Waals surface area (Å²) in [7, 11) is 0. The average Bonchev–Trinajstić information content (AvgIpc) is 2.78. The molecule has 0 aliphatic carbocycles. The molecule has 1 rings (SSSR count). The van der Waals surface area contributed by atoms with Gasteiger partial charge in [0, 0.05) is 6.42 Å². The van der Waals surface area contributed by atoms with Crippen molar-refractivity contribution in [1.29, 1.82) is 0 Å². The van der Waals surface area contributed by atoms with E-state index in [1.165, 1.54) is 193 Å². The Morgan fingerprint density at radius 3 is 1.19 bits per heavy atom. The highest BCUT2D eigenvalue weighted by molar-refractivity contribution is 5.80. The van der Waals surface area contributed by atoms with E-state index < -0.39 is 67.4 Å². The molecule has 0 spiro atoms. The van der Waals surface area contributed by atoms with E-state index in [1.807, 2.05) is 6.08 Å². The molecule has 1 heterocycles. The molecule has 1 saturated heterocycles. The molecule has 8 unspecified atom stereocenters. The number of hydrogen-bond acceptors (Lipinski definition) is 10. The maximum absolute atomic E-state index is 13.5. The average molecular weight is 1240 g/mol. The van der Waals surface area contributed by atoms with Gasteiger partial charge in [0.25, 0.3) is 0 Å². The number of ether oxygens (including phenoxy) is 3. The largest absolute Gasteiger partial charge is 0.454 e. The van der Waals surface area contributed by atoms with Crippen LogP contribution in [0.5, 0.6) is 0 Å². The number of carbonyl (C=O) groups is 2. The van der Waals surface area contributed by atoms with Crippen LogP contribution in [0.3, 0.4) is 0 Å². The van der Waals surface area contributed by atoms with Crippen LogP contribution < -0.4 is 5.32 Å². The summed E-state index contributed by atoms with van der Waals surface area (Å²) in [4.78, 5) is 26.7. The van der Waals surface area contributed by atoms with E-state index in [1.54, 1.807) is 6.08 Å². The number of unbranched alkanes of at least 4 members (excludes halogenated alkanes) is 37. The summed E-state index contributed by atoms with van der Waals surface area (Å²) in [6, 6.07) is -1.04. The van der Waals surface area contributed by atoms with Crippen molar-refractivity contribution in [3.05, 3.63) is 85.1 Å². The molecule has 0 saturated carbocycles. The number of allylic oxidation sites excluding steroid dienone is 13. The topological polar surface area (TPSA) is 175 Å². The Bertz CT molecular complexity index is 1760. The van der Waals surface area contributed by atoms with E-state index in [-0.39, 0.29) is 19.4 Å². The molecule has 1 amide bonds. The van der Waals surface area contributed by atoms with Crippen molar-refractivity contribution in [2.45, 2.75) is 378 Å². The Balaban J connectivity index is 2.55. The van der Waals surface area contributed by atoms with Crippen molar-refractivity contribution in [2.75, 3.05) is 13.2 Å². The van der Waals surface area contributed by atoms with Crippen LogP contribution in [0, 0.1) is 0 Å². The third-order valence-corrected chi connectivity index (χ3v) is 17.0. The van der Waals surface area contributed by atoms with Gasteiger partial charge in [0.1, 0.15) is 24.4 Å². The molecule has 6 N–H and O–H groups in total. The zero-order valence-electron chi connectivity index (χ0n) is 56.8. The van der Waals surface area contributed by atoms with Crippen LogP contribution in [0.1, 0.15) is 329 Å². The molecule has 8 atom stereocenters. The van der Waals surface area contributed by atoms with Crippen LogP contribution in [0.4, 0.5) is 0 Å². The zero-order valence-corrected chi connectivity index (χ0v) is 56.8. The molecule has 11 heteroatoms. The van der Waals surface area contributed by atoms with Crippen LogP contribution in [0.25, 0.3) is 0 Å². The number of hydrogen-bond donors (Lipinski definition) is 6. The summed E-state index contributed by atoms with van der Waals surface area (Å²) >= 11 is 0. The van der Waals surface area contributed by atoms with Crippen molar-refractivity contribution in [3.63, 3.8) is 0 Å². The van der Waals surface area contributed by atoms with Gasteiger partial charge in [0.05, 0.1) is 25.4 Å². The molecule has 88 heavy (non-hydrogen) atoms. The third kappa shape index (κ3) is 50.5. The highest BCUT2D eigenvalue weighted by Crippen LogP contribution is 2.26. The highest BCUT2D eigenvalue weighted by Gasteiger charge is 2.47. The quantitative estimate of drug-likeness (QED) is 0.0195. The summed E-state index contributed by atoms with van der Waals surface area (Å²) in [5.74, 6) is -1.21. The number of amides is 1. The Morgan fingerprint density at radius 1 is 0.443 bits per heavy atom. The number of rotatable bonds is 63. The number of aliphatic hydroxyl groups is 5. The van der Waals surface area contributed by atoms with Gasteiger partial charge in [0.2, 0.25) is 5.91 Å². The van der Waals surface area contributed by atoms with Crippen molar-refractivity contribution < 1.29 is 49.3 Å². The van der Waals surface area contributed by atoms with E-state index in [4.69, 9.17) is 14.2 Å². The fraction of sp³-hybridized carbons (Fsp3) is 0.792. The van der Waals surface area contributed by atoms with E-state index >= 15 is 0 Å². The maximum Gasteiger partial charge on any atom is 0.306 e. The minimum absolute atomic E-state index is 0.120. The fourth-order valence-electron chi connectivity index (χ4n) is 11.2. The first kappa shape index (κ1) is 82.9. The third-order valence-electron chi connectivity index (χ3n) is 17.0. The van der Waals surface area contributed by atoms with Gasteiger partial charge < -0.3 is 45.1 Å². The first-order valence-corrected chi connectivity index (χ1v) is 36.9. The van der Waals surface area contributed by atoms with Gasteiger partial charge >= 0.3 is 5.97 Å². The minimum atomic E-state index is -1.62. The van der Waals surface area contributed by atoms with Gasteiger partial charge in [-0.05, 0) is 103 Å². The number of aliphatic hydroxyl groups excluding tert-OH is 5. The molecule has 0 aromatic rings. The van der Waals surface area contributed by atoms with E-state index in [9.17, 15) is 35.1 Å². The second-order valence-corrected chi connectivity index (χ2v) is 25.3. The van der Waals surface area contributed by atoms with Gasteiger partial charge in [-0.3, -0.25) is 9.59 Å². The SMILES string of the molecule is CCCCC/C=C\C/C=C\C/C=C\C/C=C\CCCCCCC(O)C(=O)NC(COC1OC(CO)C(O)C(O)C1OC(=O)CCCCCCCCCCCCCCCCCCC/C=C\C/C=C\CCCCC)C(O)/C=C/CCCCCCCCCCCC. The Labute approximate surface area is 540 Å². The van der Waals surface area contributed by atoms with Crippen LogP contribution >= 0.6 is 0 Å². The second kappa shape index (κ2) is 64.0. The van der Waals surface area contributed by atoms with Crippen LogP contribution in [0.2, 0.25) is 0 Å². The maximum atomic E-state index is 13.5. The normalized spacial score (nSPS) is 18.7. The predicted octanol–water partition coefficient (Wildman–Crippen LogP) is 19.2. The van der Waals surface area contributed by atoms with Gasteiger partial charge in [-0.25, -0.2) is 0 Å². The molecule has 510 valence electrons. The predicted molar refractivity (Wildman–Crippen MR) is 370 cm³/mol. The first-order chi connectivity index (χ1) is 43.2. The number of esters is 1. The molecule has 11 nitrogen and oxygen atoms in total. The molecule has 0 aromatic heterocycles. The van der Waals surface area contributed by atoms with Crippen molar-refractivity contribution in [3.8, 4) is 0 Å². The lowest BCUT2D eigenvalue weighted by molar-refractivity contribution is -0.305. The van der Waals surface area contributed by atoms with Crippen LogP contribution in [0.15, 0.2) is 85.1 Å². The van der Waals surface area contributed by atoms with E-state index in [2.05, 4.69) is 99.0 Å². The molecule has 0 aromatic carbocycles. The lowest BCUT2D eigenvalue weighted by Crippen LogP contribution is -2.61. The summed E-state index contributed by atoms with van der Waals surface area (Å²) in [6.45, 7) is 5.76. The van der Waals surface area contributed by atoms with Crippen molar-refractivity contribution in [1.82, 2.24) is 5.32 Å². The minimum Gasteiger partial charge on any atom is -0.454 e. The lowest BCUT2D eigenvalue weighted by atomic mass is 9.99. The van der Waals surface area contributed by atoms with Gasteiger partial charge in [-0.2, -0.15) is 0 Å². The highest BCUT2D eigenvalue weighted by atomic mass is 16.7. The zero-order chi connectivity index (χ0) is 63.9. The molecule has 1 aliphatic rings. The molecule has 1 fully saturated rings. The molecule has 0 bridgehead atoms. The molecule has 1 aliphatic heterocycles. The molecular formula is C77H137NO10. The van der Waals surface area contributed by atoms with Gasteiger partial charge in [-0.15, -0.1) is 0 Å². The standard InChI is InChI=1S/C77H137NO10/c1-4-7-10-13-16-19-22-25-27-29-31-33-34-35-36-37-38-39-41-43-45-47-50-53-56-59-62-65-72(82)88-75-74(84)73(83)71(66-79)87-77(75)86-67-68(69(80)63-60-57-54-51-48-24-21-18-15-12-9-6-3)78-76(85)70(81)64-61-58-55-52-49-46-44-42-40-32-30-28-26-23-20-17-14-11-8-5-2/h16-17,19-20,25-28,32,40,44,46,60,63,68-71,73-75,77,79-81,83-84H,4-15,18,21-24,29-31,33-39,41-43,45,47-59,61-62,64-67H2,1-3H3,(H,78,85)/b19-16-,20-17-,27-25-,28-26-,40-32-,46-44-,63-60+.